The van der Waals surface area contributed by atoms with E-state index < -0.39 is 5.60 Å². The number of halogens is 1. The first kappa shape index (κ1) is 22.3. The van der Waals surface area contributed by atoms with Gasteiger partial charge in [-0.1, -0.05) is 54.6 Å². The SMILES string of the molecule is OC1(c2ncc(C[N+]34CCC(CC3)C(Sc3cccc(F)c3)C4)o2)c2ccccc2-c2ccccc21. The number of oxazole rings is 1. The van der Waals surface area contributed by atoms with Gasteiger partial charge in [-0.25, -0.2) is 9.37 Å². The molecule has 8 rings (SSSR count). The number of piperidine rings is 3. The minimum Gasteiger partial charge on any atom is -0.436 e. The molecule has 1 atom stereocenters. The molecule has 1 unspecified atom stereocenters. The molecule has 4 heterocycles. The third-order valence-corrected chi connectivity index (χ3v) is 9.77. The van der Waals surface area contributed by atoms with Crippen molar-refractivity contribution in [1.82, 2.24) is 4.98 Å². The summed E-state index contributed by atoms with van der Waals surface area (Å²) in [5.41, 5.74) is 2.28. The largest absolute Gasteiger partial charge is 0.436 e. The van der Waals surface area contributed by atoms with Gasteiger partial charge >= 0.3 is 0 Å². The van der Waals surface area contributed by atoms with Crippen LogP contribution in [0.1, 0.15) is 35.6 Å². The Balaban J connectivity index is 1.17. The van der Waals surface area contributed by atoms with Gasteiger partial charge in [0.1, 0.15) is 12.4 Å². The van der Waals surface area contributed by atoms with E-state index in [1.165, 1.54) is 18.9 Å². The van der Waals surface area contributed by atoms with Crippen LogP contribution in [0.5, 0.6) is 0 Å². The number of quaternary nitrogens is 1. The van der Waals surface area contributed by atoms with Crippen molar-refractivity contribution in [3.63, 3.8) is 0 Å². The molecule has 182 valence electrons. The molecule has 4 nitrogen and oxygen atoms in total. The quantitative estimate of drug-likeness (QED) is 0.343. The fourth-order valence-electron chi connectivity index (χ4n) is 6.61. The molecule has 3 saturated heterocycles. The fraction of sp³-hybridized carbons (Fsp3) is 0.300. The predicted octanol–water partition coefficient (Wildman–Crippen LogP) is 5.98. The van der Waals surface area contributed by atoms with E-state index >= 15 is 0 Å². The Morgan fingerprint density at radius 1 is 0.972 bits per heavy atom. The smallest absolute Gasteiger partial charge is 0.236 e. The lowest BCUT2D eigenvalue weighted by Crippen LogP contribution is -2.62. The van der Waals surface area contributed by atoms with E-state index in [1.807, 2.05) is 66.4 Å². The van der Waals surface area contributed by atoms with Gasteiger partial charge in [0, 0.05) is 28.9 Å². The Kier molecular flexibility index (Phi) is 5.14. The summed E-state index contributed by atoms with van der Waals surface area (Å²) in [5, 5.41) is 12.5. The molecule has 0 saturated carbocycles. The summed E-state index contributed by atoms with van der Waals surface area (Å²) in [4.78, 5) is 5.64. The summed E-state index contributed by atoms with van der Waals surface area (Å²) in [7, 11) is 0. The molecule has 3 aliphatic heterocycles. The van der Waals surface area contributed by atoms with Gasteiger partial charge in [-0.3, -0.25) is 0 Å². The van der Waals surface area contributed by atoms with Crippen molar-refractivity contribution in [1.29, 1.82) is 0 Å². The minimum atomic E-state index is -1.39. The Morgan fingerprint density at radius 3 is 2.36 bits per heavy atom. The van der Waals surface area contributed by atoms with Crippen LogP contribution in [0.4, 0.5) is 4.39 Å². The monoisotopic (exact) mass is 499 g/mol. The molecule has 1 aliphatic carbocycles. The number of hydrogen-bond donors (Lipinski definition) is 1. The molecular formula is C30H28FN2O2S+. The van der Waals surface area contributed by atoms with Crippen molar-refractivity contribution in [2.75, 3.05) is 19.6 Å². The Labute approximate surface area is 214 Å². The topological polar surface area (TPSA) is 46.3 Å². The maximum atomic E-state index is 13.8. The van der Waals surface area contributed by atoms with Crippen LogP contribution >= 0.6 is 11.8 Å². The van der Waals surface area contributed by atoms with Crippen LogP contribution in [-0.2, 0) is 12.1 Å². The van der Waals surface area contributed by atoms with Gasteiger partial charge in [-0.15, -0.1) is 11.8 Å². The first-order valence-corrected chi connectivity index (χ1v) is 13.6. The maximum Gasteiger partial charge on any atom is 0.236 e. The first-order chi connectivity index (χ1) is 17.5. The number of fused-ring (bicyclic) bond motifs is 6. The van der Waals surface area contributed by atoms with Crippen LogP contribution < -0.4 is 0 Å². The zero-order valence-corrected chi connectivity index (χ0v) is 20.8. The lowest BCUT2D eigenvalue weighted by atomic mass is 9.85. The van der Waals surface area contributed by atoms with Crippen LogP contribution in [0.3, 0.4) is 0 Å². The second kappa shape index (κ2) is 8.30. The number of aromatic nitrogens is 1. The first-order valence-electron chi connectivity index (χ1n) is 12.7. The van der Waals surface area contributed by atoms with Gasteiger partial charge in [0.25, 0.3) is 0 Å². The molecule has 1 N–H and O–H groups in total. The Bertz CT molecular complexity index is 1400. The van der Waals surface area contributed by atoms with Crippen molar-refractivity contribution in [3.8, 4) is 11.1 Å². The summed E-state index contributed by atoms with van der Waals surface area (Å²) < 4.78 is 21.1. The van der Waals surface area contributed by atoms with Crippen LogP contribution in [0, 0.1) is 11.7 Å². The van der Waals surface area contributed by atoms with Crippen molar-refractivity contribution >= 4 is 11.8 Å². The number of benzene rings is 3. The van der Waals surface area contributed by atoms with Crippen molar-refractivity contribution < 1.29 is 18.4 Å². The second-order valence-corrected chi connectivity index (χ2v) is 11.8. The van der Waals surface area contributed by atoms with Crippen molar-refractivity contribution in [2.24, 2.45) is 5.92 Å². The van der Waals surface area contributed by atoms with Crippen LogP contribution in [0.15, 0.2) is 88.3 Å². The summed E-state index contributed by atoms with van der Waals surface area (Å²) in [6.07, 6.45) is 4.16. The van der Waals surface area contributed by atoms with E-state index in [0.717, 1.165) is 63.6 Å². The fourth-order valence-corrected chi connectivity index (χ4v) is 8.16. The molecule has 3 fully saturated rings. The zero-order chi connectivity index (χ0) is 24.3. The summed E-state index contributed by atoms with van der Waals surface area (Å²) in [6, 6.07) is 22.9. The third-order valence-electron chi connectivity index (χ3n) is 8.40. The van der Waals surface area contributed by atoms with Crippen molar-refractivity contribution in [3.05, 3.63) is 108 Å². The highest BCUT2D eigenvalue weighted by molar-refractivity contribution is 8.00. The minimum absolute atomic E-state index is 0.174. The van der Waals surface area contributed by atoms with Crippen LogP contribution in [-0.4, -0.2) is 39.5 Å². The van der Waals surface area contributed by atoms with Crippen LogP contribution in [0.2, 0.25) is 0 Å². The summed E-state index contributed by atoms with van der Waals surface area (Å²) in [6.45, 7) is 4.05. The van der Waals surface area contributed by atoms with Gasteiger partial charge < -0.3 is 14.0 Å². The average Bonchev–Trinajstić information content (AvgIpc) is 3.47. The Morgan fingerprint density at radius 2 is 1.67 bits per heavy atom. The van der Waals surface area contributed by atoms with Gasteiger partial charge in [0.05, 0.1) is 31.1 Å². The predicted molar refractivity (Wildman–Crippen MR) is 138 cm³/mol. The van der Waals surface area contributed by atoms with Gasteiger partial charge in [0.15, 0.2) is 11.4 Å². The standard InChI is InChI=1S/C30H28FN2O2S/c31-21-6-5-7-23(16-21)36-28-19-33(14-12-20(28)13-15-33)18-22-17-32-29(35-22)30(34)26-10-3-1-8-24(26)25-9-2-4-11-27(25)30/h1-11,16-17,20,28,34H,12-15,18-19H2/q+1. The highest BCUT2D eigenvalue weighted by Gasteiger charge is 2.49. The third kappa shape index (κ3) is 3.46. The van der Waals surface area contributed by atoms with E-state index in [1.54, 1.807) is 18.3 Å². The molecule has 4 aliphatic rings. The number of rotatable bonds is 5. The molecule has 36 heavy (non-hydrogen) atoms. The number of hydrogen-bond acceptors (Lipinski definition) is 4. The van der Waals surface area contributed by atoms with Gasteiger partial charge in [-0.2, -0.15) is 0 Å². The lowest BCUT2D eigenvalue weighted by molar-refractivity contribution is -0.954. The number of thioether (sulfide) groups is 1. The summed E-state index contributed by atoms with van der Waals surface area (Å²) >= 11 is 1.82. The molecule has 0 spiro atoms. The van der Waals surface area contributed by atoms with E-state index in [9.17, 15) is 9.50 Å². The molecule has 4 aromatic rings. The van der Waals surface area contributed by atoms with Gasteiger partial charge in [-0.05, 0) is 35.2 Å². The molecule has 1 aromatic heterocycles. The molecule has 2 bridgehead atoms. The normalized spacial score (nSPS) is 25.5. The molecule has 6 heteroatoms. The highest BCUT2D eigenvalue weighted by Crippen LogP contribution is 2.50. The highest BCUT2D eigenvalue weighted by atomic mass is 32.2. The maximum absolute atomic E-state index is 13.8. The lowest BCUT2D eigenvalue weighted by Gasteiger charge is -2.52. The number of nitrogens with zero attached hydrogens (tertiary/aromatic N) is 2. The van der Waals surface area contributed by atoms with E-state index in [4.69, 9.17) is 4.42 Å². The number of aliphatic hydroxyl groups is 1. The zero-order valence-electron chi connectivity index (χ0n) is 19.9. The average molecular weight is 500 g/mol. The summed E-state index contributed by atoms with van der Waals surface area (Å²) in [5.74, 6) is 1.66. The van der Waals surface area contributed by atoms with E-state index in [0.29, 0.717) is 17.1 Å². The van der Waals surface area contributed by atoms with Crippen molar-refractivity contribution in [2.45, 2.75) is 35.1 Å². The molecule has 0 amide bonds. The molecular weight excluding hydrogens is 471 g/mol. The molecule has 0 radical (unpaired) electrons. The molecule has 3 aromatic carbocycles. The van der Waals surface area contributed by atoms with Crippen LogP contribution in [0.25, 0.3) is 11.1 Å². The van der Waals surface area contributed by atoms with Gasteiger partial charge in [0.2, 0.25) is 5.89 Å². The van der Waals surface area contributed by atoms with E-state index in [-0.39, 0.29) is 5.82 Å². The second-order valence-electron chi connectivity index (χ2n) is 10.5. The Hall–Kier alpha value is -2.93. The van der Waals surface area contributed by atoms with E-state index in [2.05, 4.69) is 4.98 Å².